The van der Waals surface area contributed by atoms with E-state index in [1.807, 2.05) is 12.3 Å². The zero-order valence-electron chi connectivity index (χ0n) is 25.3. The molecule has 5 atom stereocenters. The molecule has 2 fully saturated rings. The van der Waals surface area contributed by atoms with Crippen LogP contribution in [0.5, 0.6) is 11.6 Å². The van der Waals surface area contributed by atoms with E-state index in [-0.39, 0.29) is 12.0 Å². The van der Waals surface area contributed by atoms with E-state index in [1.165, 1.54) is 41.5 Å². The van der Waals surface area contributed by atoms with Crippen LogP contribution in [0.15, 0.2) is 54.7 Å². The fourth-order valence-electron chi connectivity index (χ4n) is 7.30. The molecule has 1 saturated heterocycles. The summed E-state index contributed by atoms with van der Waals surface area (Å²) in [4.78, 5) is 18.8. The summed E-state index contributed by atoms with van der Waals surface area (Å²) in [6, 6.07) is 18.3. The van der Waals surface area contributed by atoms with Crippen molar-refractivity contribution in [3.05, 3.63) is 77.0 Å². The van der Waals surface area contributed by atoms with Gasteiger partial charge in [-0.15, -0.1) is 0 Å². The third-order valence-electron chi connectivity index (χ3n) is 9.95. The van der Waals surface area contributed by atoms with E-state index in [4.69, 9.17) is 9.47 Å². The first kappa shape index (κ1) is 28.7. The number of rotatable bonds is 9. The summed E-state index contributed by atoms with van der Waals surface area (Å²) in [7, 11) is 1.66. The van der Waals surface area contributed by atoms with Gasteiger partial charge >= 0.3 is 0 Å². The smallest absolute Gasteiger partial charge is 0.213 e. The molecule has 0 bridgehead atoms. The molecule has 6 rings (SSSR count). The number of hydrogen-bond donors (Lipinski definition) is 0. The van der Waals surface area contributed by atoms with E-state index in [9.17, 15) is 9.90 Å². The second-order valence-corrected chi connectivity index (χ2v) is 12.8. The van der Waals surface area contributed by atoms with Crippen molar-refractivity contribution in [2.75, 3.05) is 7.11 Å². The number of aromatic nitrogens is 1. The van der Waals surface area contributed by atoms with Crippen LogP contribution in [-0.2, 0) is 17.8 Å². The predicted molar refractivity (Wildman–Crippen MR) is 162 cm³/mol. The van der Waals surface area contributed by atoms with Crippen molar-refractivity contribution < 1.29 is 19.4 Å². The number of nitrogens with zero attached hydrogens (tertiary/aromatic N) is 2. The van der Waals surface area contributed by atoms with Crippen molar-refractivity contribution in [3.63, 3.8) is 0 Å². The molecular weight excluding hydrogens is 524 g/mol. The van der Waals surface area contributed by atoms with Crippen LogP contribution >= 0.6 is 0 Å². The van der Waals surface area contributed by atoms with Gasteiger partial charge in [-0.25, -0.2) is 4.98 Å². The molecule has 1 aromatic heterocycles. The number of carbonyl (C=O) groups excluding carboxylic acids is 1. The Kier molecular flexibility index (Phi) is 8.26. The highest BCUT2D eigenvalue weighted by molar-refractivity contribution is 5.69. The Labute approximate surface area is 250 Å². The van der Waals surface area contributed by atoms with Crippen LogP contribution < -0.4 is 14.6 Å². The van der Waals surface area contributed by atoms with Crippen LogP contribution in [-0.4, -0.2) is 35.0 Å². The molecule has 3 heterocycles. The summed E-state index contributed by atoms with van der Waals surface area (Å²) in [6.45, 7) is 7.37. The van der Waals surface area contributed by atoms with Crippen molar-refractivity contribution in [3.8, 4) is 22.8 Å². The van der Waals surface area contributed by atoms with Gasteiger partial charge in [0.25, 0.3) is 0 Å². The first-order valence-electron chi connectivity index (χ1n) is 15.7. The minimum atomic E-state index is -0.972. The molecule has 1 saturated carbocycles. The Morgan fingerprint density at radius 3 is 2.55 bits per heavy atom. The Bertz CT molecular complexity index is 1420. The van der Waals surface area contributed by atoms with Crippen LogP contribution in [0.3, 0.4) is 0 Å². The van der Waals surface area contributed by atoms with Crippen molar-refractivity contribution in [1.29, 1.82) is 0 Å². The average molecular weight is 568 g/mol. The number of likely N-dealkylation sites (tertiary alicyclic amines) is 1. The number of pyridine rings is 1. The number of carboxylic acid groups (broad SMARTS) is 1. The summed E-state index contributed by atoms with van der Waals surface area (Å²) in [5.41, 5.74) is 7.04. The summed E-state index contributed by atoms with van der Waals surface area (Å²) >= 11 is 0. The van der Waals surface area contributed by atoms with E-state index in [1.54, 1.807) is 14.0 Å². The average Bonchev–Trinajstić information content (AvgIpc) is 3.84. The summed E-state index contributed by atoms with van der Waals surface area (Å²) in [6.07, 6.45) is 9.50. The van der Waals surface area contributed by atoms with Crippen LogP contribution in [0.25, 0.3) is 11.1 Å². The Hall–Kier alpha value is -3.38. The van der Waals surface area contributed by atoms with Crippen molar-refractivity contribution in [1.82, 2.24) is 9.88 Å². The van der Waals surface area contributed by atoms with Gasteiger partial charge in [0.1, 0.15) is 11.9 Å². The van der Waals surface area contributed by atoms with Gasteiger partial charge in [0, 0.05) is 42.8 Å². The maximum atomic E-state index is 11.8. The van der Waals surface area contributed by atoms with Crippen molar-refractivity contribution in [2.24, 2.45) is 11.8 Å². The molecule has 222 valence electrons. The van der Waals surface area contributed by atoms with Crippen molar-refractivity contribution >= 4 is 5.97 Å². The molecule has 6 heteroatoms. The van der Waals surface area contributed by atoms with Crippen molar-refractivity contribution in [2.45, 2.75) is 96.4 Å². The SMILES string of the molecule is COc1cc(-c2ccc(C3CCc4ccc([C@H](C5CC5)[C@H](C)C(=O)[O-])cc4O3)cc2CN2[C@H](C)CCC[C@H]2C)ccn1. The van der Waals surface area contributed by atoms with Gasteiger partial charge in [0.15, 0.2) is 0 Å². The van der Waals surface area contributed by atoms with Gasteiger partial charge in [-0.3, -0.25) is 4.90 Å². The number of fused-ring (bicyclic) bond motifs is 1. The first-order valence-corrected chi connectivity index (χ1v) is 15.7. The van der Waals surface area contributed by atoms with E-state index in [2.05, 4.69) is 66.2 Å². The quantitative estimate of drug-likeness (QED) is 0.295. The second kappa shape index (κ2) is 12.1. The number of aryl methyl sites for hydroxylation is 1. The minimum Gasteiger partial charge on any atom is -0.550 e. The molecule has 6 nitrogen and oxygen atoms in total. The van der Waals surface area contributed by atoms with Gasteiger partial charge in [-0.05, 0) is 110 Å². The fraction of sp³-hybridized carbons (Fsp3) is 0.500. The Morgan fingerprint density at radius 1 is 1.05 bits per heavy atom. The van der Waals surface area contributed by atoms with E-state index >= 15 is 0 Å². The predicted octanol–water partition coefficient (Wildman–Crippen LogP) is 6.47. The normalized spacial score (nSPS) is 23.9. The molecule has 1 unspecified atom stereocenters. The maximum Gasteiger partial charge on any atom is 0.213 e. The van der Waals surface area contributed by atoms with Crippen LogP contribution in [0.1, 0.15) is 93.6 Å². The highest BCUT2D eigenvalue weighted by Crippen LogP contribution is 2.48. The zero-order chi connectivity index (χ0) is 29.4. The highest BCUT2D eigenvalue weighted by Gasteiger charge is 2.37. The van der Waals surface area contributed by atoms with Gasteiger partial charge < -0.3 is 19.4 Å². The standard InChI is InChI=1S/C36H44N2O4/c1-22-6-5-7-23(2)38(22)21-30-18-28(12-14-31(30)27-16-17-37-34(20-27)41-4)32-15-13-25-8-11-29(19-33(25)42-32)35(26-9-10-26)24(3)36(39)40/h8,11-12,14,16-20,22-24,26,32,35H,5-7,9-10,13,15,21H2,1-4H3,(H,39,40)/p-1/t22-,23-,24+,32?,35+/m1/s1. The van der Waals surface area contributed by atoms with Crippen LogP contribution in [0, 0.1) is 11.8 Å². The number of aliphatic carboxylic acids is 1. The van der Waals surface area contributed by atoms with E-state index < -0.39 is 11.9 Å². The van der Waals surface area contributed by atoms with Gasteiger partial charge in [-0.1, -0.05) is 43.7 Å². The van der Waals surface area contributed by atoms with E-state index in [0.717, 1.165) is 49.1 Å². The highest BCUT2D eigenvalue weighted by atomic mass is 16.5. The molecule has 0 amide bonds. The lowest BCUT2D eigenvalue weighted by atomic mass is 9.82. The number of ether oxygens (including phenoxy) is 2. The van der Waals surface area contributed by atoms with Gasteiger partial charge in [-0.2, -0.15) is 0 Å². The number of methoxy groups -OCH3 is 1. The second-order valence-electron chi connectivity index (χ2n) is 12.8. The van der Waals surface area contributed by atoms with Gasteiger partial charge in [0.05, 0.1) is 7.11 Å². The molecule has 0 N–H and O–H groups in total. The lowest BCUT2D eigenvalue weighted by molar-refractivity contribution is -0.311. The Balaban J connectivity index is 1.32. The Morgan fingerprint density at radius 2 is 1.83 bits per heavy atom. The summed E-state index contributed by atoms with van der Waals surface area (Å²) in [5, 5.41) is 11.8. The molecule has 42 heavy (non-hydrogen) atoms. The molecule has 3 aliphatic rings. The molecule has 1 aliphatic carbocycles. The number of carbonyl (C=O) groups is 1. The number of benzene rings is 2. The molecule has 2 aliphatic heterocycles. The molecule has 2 aromatic carbocycles. The summed E-state index contributed by atoms with van der Waals surface area (Å²) < 4.78 is 12.2. The topological polar surface area (TPSA) is 74.7 Å². The number of piperidine rings is 1. The van der Waals surface area contributed by atoms with Gasteiger partial charge in [0.2, 0.25) is 5.88 Å². The third-order valence-corrected chi connectivity index (χ3v) is 9.95. The molecule has 0 spiro atoms. The maximum absolute atomic E-state index is 11.8. The lowest BCUT2D eigenvalue weighted by Crippen LogP contribution is -2.43. The monoisotopic (exact) mass is 567 g/mol. The minimum absolute atomic E-state index is 0.0268. The fourth-order valence-corrected chi connectivity index (χ4v) is 7.30. The van der Waals surface area contributed by atoms with Crippen LogP contribution in [0.2, 0.25) is 0 Å². The largest absolute Gasteiger partial charge is 0.550 e. The van der Waals surface area contributed by atoms with Crippen LogP contribution in [0.4, 0.5) is 0 Å². The zero-order valence-corrected chi connectivity index (χ0v) is 25.3. The number of hydrogen-bond acceptors (Lipinski definition) is 6. The molecular formula is C36H43N2O4-. The summed E-state index contributed by atoms with van der Waals surface area (Å²) in [5.74, 6) is 0.403. The molecule has 0 radical (unpaired) electrons. The first-order chi connectivity index (χ1) is 20.3. The van der Waals surface area contributed by atoms with E-state index in [0.29, 0.717) is 23.9 Å². The molecule has 3 aromatic rings. The number of carboxylic acids is 1. The third kappa shape index (κ3) is 5.92. The lowest BCUT2D eigenvalue weighted by Gasteiger charge is -2.39.